The first-order valence-corrected chi connectivity index (χ1v) is 10.4. The molecule has 1 fully saturated rings. The molecule has 0 aromatic heterocycles. The molecule has 4 atom stereocenters. The number of carboxylic acid groups (broad SMARTS) is 3. The molecular formula is C19H29N5O10. The van der Waals surface area contributed by atoms with Gasteiger partial charge in [-0.3, -0.25) is 28.8 Å². The Bertz CT molecular complexity index is 832. The molecule has 0 bridgehead atoms. The number of nitrogens with two attached hydrogens (primary N) is 2. The van der Waals surface area contributed by atoms with Crippen molar-refractivity contribution in [3.63, 3.8) is 0 Å². The highest BCUT2D eigenvalue weighted by Crippen LogP contribution is 2.19. The second-order valence-electron chi connectivity index (χ2n) is 7.79. The summed E-state index contributed by atoms with van der Waals surface area (Å²) in [7, 11) is 0. The fourth-order valence-corrected chi connectivity index (χ4v) is 3.42. The molecule has 4 amide bonds. The first kappa shape index (κ1) is 28.3. The van der Waals surface area contributed by atoms with E-state index in [1.807, 2.05) is 0 Å². The van der Waals surface area contributed by atoms with Gasteiger partial charge in [0.05, 0.1) is 12.5 Å². The Morgan fingerprint density at radius 1 is 0.912 bits per heavy atom. The van der Waals surface area contributed by atoms with Crippen molar-refractivity contribution in [1.82, 2.24) is 15.5 Å². The summed E-state index contributed by atoms with van der Waals surface area (Å²) in [6.07, 6.45) is -1.70. The van der Waals surface area contributed by atoms with Gasteiger partial charge in [0.15, 0.2) is 0 Å². The summed E-state index contributed by atoms with van der Waals surface area (Å²) in [6.45, 7) is 0.158. The summed E-state index contributed by atoms with van der Waals surface area (Å²) in [5.41, 5.74) is 10.7. The molecule has 1 heterocycles. The summed E-state index contributed by atoms with van der Waals surface area (Å²) >= 11 is 0. The quantitative estimate of drug-likeness (QED) is 0.129. The fraction of sp³-hybridized carbons (Fsp3) is 0.632. The number of amides is 4. The Balaban J connectivity index is 2.95. The maximum Gasteiger partial charge on any atom is 0.326 e. The maximum atomic E-state index is 12.8. The van der Waals surface area contributed by atoms with E-state index in [4.69, 9.17) is 21.7 Å². The third kappa shape index (κ3) is 9.01. The van der Waals surface area contributed by atoms with Crippen LogP contribution < -0.4 is 22.1 Å². The second kappa shape index (κ2) is 13.1. The van der Waals surface area contributed by atoms with E-state index < -0.39 is 91.4 Å². The zero-order valence-electron chi connectivity index (χ0n) is 18.3. The Hall–Kier alpha value is -3.75. The lowest BCUT2D eigenvalue weighted by Gasteiger charge is -2.28. The van der Waals surface area contributed by atoms with Gasteiger partial charge in [-0.2, -0.15) is 0 Å². The van der Waals surface area contributed by atoms with E-state index in [1.165, 1.54) is 0 Å². The molecule has 4 unspecified atom stereocenters. The number of carboxylic acids is 3. The molecule has 0 aliphatic carbocycles. The summed E-state index contributed by atoms with van der Waals surface area (Å²) < 4.78 is 0. The van der Waals surface area contributed by atoms with E-state index in [0.29, 0.717) is 6.42 Å². The zero-order valence-corrected chi connectivity index (χ0v) is 18.3. The minimum Gasteiger partial charge on any atom is -0.481 e. The van der Waals surface area contributed by atoms with Crippen molar-refractivity contribution in [1.29, 1.82) is 0 Å². The number of carbonyl (C=O) groups is 7. The number of hydrogen-bond donors (Lipinski definition) is 7. The maximum absolute atomic E-state index is 12.8. The van der Waals surface area contributed by atoms with Gasteiger partial charge in [-0.05, 0) is 25.7 Å². The molecule has 1 saturated heterocycles. The van der Waals surface area contributed by atoms with Gasteiger partial charge in [-0.25, -0.2) is 4.79 Å². The van der Waals surface area contributed by atoms with Crippen molar-refractivity contribution in [2.45, 2.75) is 69.1 Å². The monoisotopic (exact) mass is 487 g/mol. The summed E-state index contributed by atoms with van der Waals surface area (Å²) in [6, 6.07) is -5.35. The smallest absolute Gasteiger partial charge is 0.326 e. The van der Waals surface area contributed by atoms with Gasteiger partial charge in [0.2, 0.25) is 23.6 Å². The van der Waals surface area contributed by atoms with Gasteiger partial charge >= 0.3 is 17.9 Å². The molecule has 9 N–H and O–H groups in total. The molecule has 1 rings (SSSR count). The zero-order chi connectivity index (χ0) is 26.0. The molecular weight excluding hydrogens is 458 g/mol. The lowest BCUT2D eigenvalue weighted by atomic mass is 10.1. The van der Waals surface area contributed by atoms with E-state index in [0.717, 1.165) is 4.90 Å². The molecule has 15 nitrogen and oxygen atoms in total. The number of hydrogen-bond acceptors (Lipinski definition) is 8. The number of aliphatic carboxylic acids is 3. The predicted molar refractivity (Wildman–Crippen MR) is 112 cm³/mol. The van der Waals surface area contributed by atoms with Gasteiger partial charge in [-0.1, -0.05) is 0 Å². The minimum absolute atomic E-state index is 0.158. The highest BCUT2D eigenvalue weighted by atomic mass is 16.4. The third-order valence-electron chi connectivity index (χ3n) is 5.12. The van der Waals surface area contributed by atoms with Crippen LogP contribution in [0.3, 0.4) is 0 Å². The molecule has 1 aliphatic rings. The van der Waals surface area contributed by atoms with Gasteiger partial charge in [0, 0.05) is 19.4 Å². The van der Waals surface area contributed by atoms with Crippen molar-refractivity contribution in [3.05, 3.63) is 0 Å². The minimum atomic E-state index is -1.58. The van der Waals surface area contributed by atoms with Crippen LogP contribution in [0.25, 0.3) is 0 Å². The average molecular weight is 487 g/mol. The number of nitrogens with zero attached hydrogens (tertiary/aromatic N) is 1. The number of likely N-dealkylation sites (tertiary alicyclic amines) is 1. The highest BCUT2D eigenvalue weighted by Gasteiger charge is 2.38. The van der Waals surface area contributed by atoms with Gasteiger partial charge in [0.1, 0.15) is 18.1 Å². The van der Waals surface area contributed by atoms with Gasteiger partial charge in [0.25, 0.3) is 0 Å². The number of nitrogens with one attached hydrogen (secondary N) is 2. The van der Waals surface area contributed by atoms with E-state index in [2.05, 4.69) is 10.6 Å². The molecule has 34 heavy (non-hydrogen) atoms. The Morgan fingerprint density at radius 2 is 1.47 bits per heavy atom. The van der Waals surface area contributed by atoms with Crippen LogP contribution in [0, 0.1) is 0 Å². The van der Waals surface area contributed by atoms with Crippen LogP contribution in [0.15, 0.2) is 0 Å². The van der Waals surface area contributed by atoms with Crippen LogP contribution >= 0.6 is 0 Å². The number of carbonyl (C=O) groups excluding carboxylic acids is 4. The van der Waals surface area contributed by atoms with Gasteiger partial charge in [-0.15, -0.1) is 0 Å². The van der Waals surface area contributed by atoms with Crippen molar-refractivity contribution in [2.24, 2.45) is 11.5 Å². The molecule has 0 saturated carbocycles. The third-order valence-corrected chi connectivity index (χ3v) is 5.12. The van der Waals surface area contributed by atoms with E-state index >= 15 is 0 Å². The first-order valence-electron chi connectivity index (χ1n) is 10.4. The first-order chi connectivity index (χ1) is 15.8. The van der Waals surface area contributed by atoms with Gasteiger partial charge < -0.3 is 42.3 Å². The van der Waals surface area contributed by atoms with Crippen LogP contribution in [0.2, 0.25) is 0 Å². The normalized spacial score (nSPS) is 17.8. The summed E-state index contributed by atoms with van der Waals surface area (Å²) in [5, 5.41) is 31.3. The molecule has 15 heteroatoms. The summed E-state index contributed by atoms with van der Waals surface area (Å²) in [5.74, 6) is -7.37. The molecule has 190 valence electrons. The van der Waals surface area contributed by atoms with Crippen LogP contribution in [0.4, 0.5) is 0 Å². The molecule has 0 spiro atoms. The van der Waals surface area contributed by atoms with Crippen molar-refractivity contribution < 1.29 is 48.9 Å². The Labute approximate surface area is 193 Å². The van der Waals surface area contributed by atoms with Crippen LogP contribution in [0.1, 0.15) is 44.9 Å². The number of primary amides is 1. The largest absolute Gasteiger partial charge is 0.481 e. The van der Waals surface area contributed by atoms with Crippen molar-refractivity contribution >= 4 is 41.5 Å². The SMILES string of the molecule is NC(=O)CC(N)C(=O)N1CCCC1C(=O)NC(CCC(=O)O)C(=O)NC(CCC(=O)O)C(=O)O. The lowest BCUT2D eigenvalue weighted by molar-refractivity contribution is -0.144. The molecule has 0 radical (unpaired) electrons. The second-order valence-corrected chi connectivity index (χ2v) is 7.79. The van der Waals surface area contributed by atoms with Crippen LogP contribution in [0.5, 0.6) is 0 Å². The van der Waals surface area contributed by atoms with Crippen molar-refractivity contribution in [3.8, 4) is 0 Å². The van der Waals surface area contributed by atoms with Crippen molar-refractivity contribution in [2.75, 3.05) is 6.54 Å². The molecule has 0 aromatic carbocycles. The average Bonchev–Trinajstić information content (AvgIpc) is 3.22. The van der Waals surface area contributed by atoms with E-state index in [9.17, 15) is 38.7 Å². The summed E-state index contributed by atoms with van der Waals surface area (Å²) in [4.78, 5) is 83.2. The highest BCUT2D eigenvalue weighted by molar-refractivity contribution is 5.95. The predicted octanol–water partition coefficient (Wildman–Crippen LogP) is -3.04. The van der Waals surface area contributed by atoms with Crippen LogP contribution in [-0.4, -0.2) is 92.5 Å². The standard InChI is InChI=1S/C19H29N5O10/c20-9(8-13(21)25)18(32)24-7-1-2-12(24)17(31)22-10(3-5-14(26)27)16(30)23-11(19(33)34)4-6-15(28)29/h9-12H,1-8,20H2,(H2,21,25)(H,22,31)(H,23,30)(H,26,27)(H,28,29)(H,33,34). The molecule has 0 aromatic rings. The van der Waals surface area contributed by atoms with Crippen LogP contribution in [-0.2, 0) is 33.6 Å². The number of rotatable bonds is 14. The fourth-order valence-electron chi connectivity index (χ4n) is 3.42. The van der Waals surface area contributed by atoms with E-state index in [-0.39, 0.29) is 19.4 Å². The lowest BCUT2D eigenvalue weighted by Crippen LogP contribution is -2.56. The molecule has 1 aliphatic heterocycles. The van der Waals surface area contributed by atoms with E-state index in [1.54, 1.807) is 0 Å². The topological polar surface area (TPSA) is 260 Å². The Kier molecular flexibility index (Phi) is 10.9. The Morgan fingerprint density at radius 3 is 1.97 bits per heavy atom.